The Morgan fingerprint density at radius 3 is 2.79 bits per heavy atom. The Kier molecular flexibility index (Phi) is 2.34. The van der Waals surface area contributed by atoms with Gasteiger partial charge >= 0.3 is 0 Å². The van der Waals surface area contributed by atoms with Crippen molar-refractivity contribution in [1.82, 2.24) is 5.32 Å². The van der Waals surface area contributed by atoms with E-state index in [1.807, 2.05) is 0 Å². The van der Waals surface area contributed by atoms with Crippen molar-refractivity contribution in [1.29, 1.82) is 0 Å². The first-order valence-corrected chi connectivity index (χ1v) is 6.59. The van der Waals surface area contributed by atoms with Crippen LogP contribution in [0.25, 0.3) is 0 Å². The molecule has 2 bridgehead atoms. The van der Waals surface area contributed by atoms with E-state index in [1.54, 1.807) is 0 Å². The molecule has 2 aliphatic heterocycles. The summed E-state index contributed by atoms with van der Waals surface area (Å²) in [4.78, 5) is 0. The van der Waals surface area contributed by atoms with Gasteiger partial charge in [-0.15, -0.1) is 0 Å². The van der Waals surface area contributed by atoms with Crippen LogP contribution in [0, 0.1) is 0 Å². The second kappa shape index (κ2) is 3.16. The molecule has 14 heavy (non-hydrogen) atoms. The average Bonchev–Trinajstić information content (AvgIpc) is 2.34. The number of nitrogens with one attached hydrogen (secondary N) is 1. The fourth-order valence-corrected chi connectivity index (χ4v) is 2.97. The Bertz CT molecular complexity index is 328. The Labute approximate surface area is 83.6 Å². The summed E-state index contributed by atoms with van der Waals surface area (Å²) >= 11 is 0. The Balaban J connectivity index is 2.12. The molecule has 0 aromatic carbocycles. The molecule has 0 amide bonds. The van der Waals surface area contributed by atoms with Gasteiger partial charge in [0, 0.05) is 6.04 Å². The van der Waals surface area contributed by atoms with Gasteiger partial charge in [0.05, 0.1) is 6.26 Å². The molecule has 2 fully saturated rings. The van der Waals surface area contributed by atoms with E-state index < -0.39 is 21.9 Å². The Morgan fingerprint density at radius 1 is 1.43 bits per heavy atom. The van der Waals surface area contributed by atoms with Crippen molar-refractivity contribution in [3.05, 3.63) is 0 Å². The zero-order valence-corrected chi connectivity index (χ0v) is 8.88. The summed E-state index contributed by atoms with van der Waals surface area (Å²) in [7, 11) is -3.49. The van der Waals surface area contributed by atoms with E-state index in [0.717, 1.165) is 19.1 Å². The van der Waals surface area contributed by atoms with Crippen LogP contribution in [-0.4, -0.2) is 37.7 Å². The van der Waals surface area contributed by atoms with Gasteiger partial charge < -0.3 is 5.11 Å². The second-order valence-electron chi connectivity index (χ2n) is 4.17. The maximum Gasteiger partial charge on any atom is 0.264 e. The number of hydrogen-bond donors (Lipinski definition) is 2. The molecule has 3 unspecified atom stereocenters. The summed E-state index contributed by atoms with van der Waals surface area (Å²) < 4.78 is 26.8. The third-order valence-corrected chi connectivity index (χ3v) is 3.51. The Hall–Kier alpha value is -0.170. The van der Waals surface area contributed by atoms with E-state index in [4.69, 9.17) is 4.18 Å². The van der Waals surface area contributed by atoms with Gasteiger partial charge in [-0.05, 0) is 25.7 Å². The minimum atomic E-state index is -3.49. The lowest BCUT2D eigenvalue weighted by Crippen LogP contribution is -2.57. The average molecular weight is 221 g/mol. The van der Waals surface area contributed by atoms with Crippen molar-refractivity contribution in [2.24, 2.45) is 0 Å². The van der Waals surface area contributed by atoms with Crippen LogP contribution in [0.2, 0.25) is 0 Å². The third kappa shape index (κ3) is 1.93. The molecule has 3 atom stereocenters. The quantitative estimate of drug-likeness (QED) is 0.619. The minimum Gasteiger partial charge on any atom is -0.373 e. The van der Waals surface area contributed by atoms with Crippen LogP contribution < -0.4 is 5.32 Å². The molecule has 5 nitrogen and oxygen atoms in total. The number of piperidine rings is 1. The van der Waals surface area contributed by atoms with Gasteiger partial charge in [-0.2, -0.15) is 8.42 Å². The molecule has 2 saturated heterocycles. The van der Waals surface area contributed by atoms with E-state index in [9.17, 15) is 13.5 Å². The number of hydrogen-bond acceptors (Lipinski definition) is 5. The summed E-state index contributed by atoms with van der Waals surface area (Å²) in [6.45, 7) is 0. The number of rotatable bonds is 2. The van der Waals surface area contributed by atoms with Gasteiger partial charge in [0.15, 0.2) is 0 Å². The number of aliphatic hydroxyl groups is 1. The third-order valence-electron chi connectivity index (χ3n) is 2.93. The van der Waals surface area contributed by atoms with Crippen LogP contribution in [0.15, 0.2) is 0 Å². The van der Waals surface area contributed by atoms with E-state index in [-0.39, 0.29) is 0 Å². The van der Waals surface area contributed by atoms with Crippen molar-refractivity contribution in [3.8, 4) is 0 Å². The topological polar surface area (TPSA) is 75.6 Å². The molecular formula is C8H15NO4S. The molecule has 2 heterocycles. The monoisotopic (exact) mass is 221 g/mol. The highest BCUT2D eigenvalue weighted by Gasteiger charge is 2.48. The van der Waals surface area contributed by atoms with Gasteiger partial charge in [-0.25, -0.2) is 0 Å². The summed E-state index contributed by atoms with van der Waals surface area (Å²) in [5, 5.41) is 13.0. The van der Waals surface area contributed by atoms with Crippen LogP contribution in [0.3, 0.4) is 0 Å². The fraction of sp³-hybridized carbons (Fsp3) is 1.00. The van der Waals surface area contributed by atoms with Crippen molar-refractivity contribution < 1.29 is 17.7 Å². The largest absolute Gasteiger partial charge is 0.373 e. The predicted octanol–water partition coefficient (Wildman–Crippen LogP) is -0.434. The van der Waals surface area contributed by atoms with Gasteiger partial charge in [0.25, 0.3) is 10.1 Å². The highest BCUT2D eigenvalue weighted by atomic mass is 32.2. The molecule has 0 saturated carbocycles. The summed E-state index contributed by atoms with van der Waals surface area (Å²) in [5.41, 5.74) is -1.13. The van der Waals surface area contributed by atoms with Crippen LogP contribution in [0.5, 0.6) is 0 Å². The molecule has 82 valence electrons. The molecule has 2 N–H and O–H groups in total. The molecule has 0 aromatic rings. The van der Waals surface area contributed by atoms with Gasteiger partial charge in [0.2, 0.25) is 0 Å². The predicted molar refractivity (Wildman–Crippen MR) is 50.1 cm³/mol. The van der Waals surface area contributed by atoms with Crippen molar-refractivity contribution in [3.63, 3.8) is 0 Å². The molecule has 0 aromatic heterocycles. The first kappa shape index (κ1) is 10.4. The van der Waals surface area contributed by atoms with E-state index >= 15 is 0 Å². The van der Waals surface area contributed by atoms with Crippen molar-refractivity contribution >= 4 is 10.1 Å². The lowest BCUT2D eigenvalue weighted by molar-refractivity contribution is -0.0896. The number of fused-ring (bicyclic) bond motifs is 2. The molecule has 2 aliphatic rings. The zero-order chi connectivity index (χ0) is 10.4. The highest BCUT2D eigenvalue weighted by molar-refractivity contribution is 7.86. The van der Waals surface area contributed by atoms with Gasteiger partial charge in [-0.3, -0.25) is 9.50 Å². The first-order valence-electron chi connectivity index (χ1n) is 4.77. The van der Waals surface area contributed by atoms with Gasteiger partial charge in [0.1, 0.15) is 11.8 Å². The molecule has 0 aliphatic carbocycles. The summed E-state index contributed by atoms with van der Waals surface area (Å²) in [6, 6.07) is 0.319. The van der Waals surface area contributed by atoms with E-state index in [0.29, 0.717) is 18.9 Å². The first-order chi connectivity index (χ1) is 6.39. The SMILES string of the molecule is CS(=O)(=O)OC1CCC2CCC1(O)N2. The fourth-order valence-electron chi connectivity index (χ4n) is 2.29. The minimum absolute atomic E-state index is 0.319. The van der Waals surface area contributed by atoms with E-state index in [1.165, 1.54) is 0 Å². The molecule has 0 radical (unpaired) electrons. The summed E-state index contributed by atoms with van der Waals surface area (Å²) in [5.74, 6) is 0. The van der Waals surface area contributed by atoms with Crippen molar-refractivity contribution in [2.45, 2.75) is 43.6 Å². The highest BCUT2D eigenvalue weighted by Crippen LogP contribution is 2.36. The zero-order valence-electron chi connectivity index (χ0n) is 8.06. The molecule has 6 heteroatoms. The lowest BCUT2D eigenvalue weighted by Gasteiger charge is -2.36. The second-order valence-corrected chi connectivity index (χ2v) is 5.77. The maximum atomic E-state index is 11.0. The van der Waals surface area contributed by atoms with Crippen molar-refractivity contribution in [2.75, 3.05) is 6.26 Å². The van der Waals surface area contributed by atoms with Crippen LogP contribution in [0.1, 0.15) is 25.7 Å². The van der Waals surface area contributed by atoms with Gasteiger partial charge in [-0.1, -0.05) is 0 Å². The molecule has 2 rings (SSSR count). The summed E-state index contributed by atoms with van der Waals surface area (Å²) in [6.07, 6.45) is 3.30. The van der Waals surface area contributed by atoms with Crippen LogP contribution >= 0.6 is 0 Å². The molecule has 0 spiro atoms. The maximum absolute atomic E-state index is 11.0. The smallest absolute Gasteiger partial charge is 0.264 e. The Morgan fingerprint density at radius 2 is 2.14 bits per heavy atom. The lowest BCUT2D eigenvalue weighted by atomic mass is 9.99. The van der Waals surface area contributed by atoms with Crippen LogP contribution in [0.4, 0.5) is 0 Å². The van der Waals surface area contributed by atoms with Crippen LogP contribution in [-0.2, 0) is 14.3 Å². The standard InChI is InChI=1S/C8H15NO4S/c1-14(11,12)13-7-3-2-6-4-5-8(7,10)9-6/h6-7,9-10H,2-5H2,1H3. The normalized spacial score (nSPS) is 42.7. The molecular weight excluding hydrogens is 206 g/mol. The van der Waals surface area contributed by atoms with E-state index in [2.05, 4.69) is 5.32 Å².